The minimum absolute atomic E-state index is 0.00534. The van der Waals surface area contributed by atoms with Gasteiger partial charge in [0.1, 0.15) is 12.6 Å². The standard InChI is InChI=1S/C55H85NO7/c1-6-8-10-12-14-16-18-20-22-24-26-27-28-30-31-33-35-37-39-41-43-45-53(57)62-50-51(49-61-48-47-52(55(59)60)56(3,4)5)63-54(58)46-44-42-40-38-36-34-32-29-25-23-21-19-17-15-13-11-9-7-2/h8,10-11,13-17,19-23,25-27,29-32,35,37,51-52H,6-7,9,12,18,24,28,33-34,36,38-50H2,1-5H3/b10-8+,13-11+,16-14+,17-15+,21-19+,22-20+,25-23+,27-26+,31-30+,32-29+,37-35+. The van der Waals surface area contributed by atoms with Crippen molar-refractivity contribution in [2.45, 2.75) is 154 Å². The minimum Gasteiger partial charge on any atom is -0.544 e. The van der Waals surface area contributed by atoms with E-state index in [4.69, 9.17) is 14.2 Å². The van der Waals surface area contributed by atoms with E-state index in [0.717, 1.165) is 89.9 Å². The molecule has 0 aliphatic carbocycles. The molecule has 0 amide bonds. The Bertz CT molecular complexity index is 1480. The Morgan fingerprint density at radius 3 is 1.49 bits per heavy atom. The second-order valence-corrected chi connectivity index (χ2v) is 16.4. The molecule has 0 radical (unpaired) electrons. The molecule has 0 aromatic heterocycles. The first-order valence-corrected chi connectivity index (χ1v) is 23.8. The fourth-order valence-electron chi connectivity index (χ4n) is 5.98. The van der Waals surface area contributed by atoms with Gasteiger partial charge < -0.3 is 28.6 Å². The summed E-state index contributed by atoms with van der Waals surface area (Å²) in [6.45, 7) is 4.35. The average Bonchev–Trinajstić information content (AvgIpc) is 3.24. The molecule has 0 fully saturated rings. The molecule has 0 aliphatic rings. The van der Waals surface area contributed by atoms with Crippen LogP contribution in [0.3, 0.4) is 0 Å². The third-order valence-corrected chi connectivity index (χ3v) is 9.63. The van der Waals surface area contributed by atoms with E-state index >= 15 is 0 Å². The number of unbranched alkanes of at least 4 members (excludes halogenated alkanes) is 8. The molecule has 2 atom stereocenters. The van der Waals surface area contributed by atoms with Crippen molar-refractivity contribution in [3.8, 4) is 0 Å². The summed E-state index contributed by atoms with van der Waals surface area (Å²) in [5, 5.41) is 11.7. The van der Waals surface area contributed by atoms with Gasteiger partial charge in [0, 0.05) is 19.3 Å². The molecule has 0 aliphatic heterocycles. The quantitative estimate of drug-likeness (QED) is 0.0199. The van der Waals surface area contributed by atoms with E-state index in [1.807, 2.05) is 36.5 Å². The zero-order valence-corrected chi connectivity index (χ0v) is 39.9. The van der Waals surface area contributed by atoms with Crippen LogP contribution in [-0.2, 0) is 28.6 Å². The normalized spacial score (nSPS) is 14.1. The Morgan fingerprint density at radius 2 is 0.952 bits per heavy atom. The number of likely N-dealkylation sites (N-methyl/N-ethyl adjacent to an activating group) is 1. The largest absolute Gasteiger partial charge is 0.544 e. The van der Waals surface area contributed by atoms with Gasteiger partial charge in [0.25, 0.3) is 0 Å². The van der Waals surface area contributed by atoms with Crippen molar-refractivity contribution in [1.29, 1.82) is 0 Å². The van der Waals surface area contributed by atoms with Crippen LogP contribution >= 0.6 is 0 Å². The lowest BCUT2D eigenvalue weighted by atomic mass is 10.1. The lowest BCUT2D eigenvalue weighted by Crippen LogP contribution is -2.55. The Hall–Kier alpha value is -4.53. The van der Waals surface area contributed by atoms with E-state index in [2.05, 4.69) is 111 Å². The fraction of sp³-hybridized carbons (Fsp3) is 0.545. The van der Waals surface area contributed by atoms with E-state index in [-0.39, 0.29) is 55.5 Å². The van der Waals surface area contributed by atoms with Crippen molar-refractivity contribution < 1.29 is 38.2 Å². The number of carboxylic acids is 1. The van der Waals surface area contributed by atoms with E-state index in [1.165, 1.54) is 6.42 Å². The van der Waals surface area contributed by atoms with E-state index < -0.39 is 18.1 Å². The van der Waals surface area contributed by atoms with Gasteiger partial charge in [-0.2, -0.15) is 0 Å². The van der Waals surface area contributed by atoms with Gasteiger partial charge in [-0.3, -0.25) is 9.59 Å². The van der Waals surface area contributed by atoms with Gasteiger partial charge in [-0.05, 0) is 83.5 Å². The zero-order chi connectivity index (χ0) is 46.3. The number of esters is 2. The SMILES string of the molecule is CC/C=C/C/C=C/C/C=C/C/C=C/C/C=C/C/C=C/CCCCC(=O)OCC(COCCC(C(=O)[O-])[N+](C)(C)C)OC(=O)CCCCCCC/C=C/C=C/C=C/C=C/C=C/CCC. The molecule has 0 saturated carbocycles. The fourth-order valence-corrected chi connectivity index (χ4v) is 5.98. The molecule has 0 N–H and O–H groups in total. The van der Waals surface area contributed by atoms with Gasteiger partial charge in [-0.25, -0.2) is 0 Å². The summed E-state index contributed by atoms with van der Waals surface area (Å²) < 4.78 is 17.1. The van der Waals surface area contributed by atoms with Crippen LogP contribution in [0.5, 0.6) is 0 Å². The first-order valence-electron chi connectivity index (χ1n) is 23.8. The number of hydrogen-bond donors (Lipinski definition) is 0. The molecule has 0 aromatic carbocycles. The van der Waals surface area contributed by atoms with Gasteiger partial charge >= 0.3 is 11.9 Å². The first-order chi connectivity index (χ1) is 30.6. The molecule has 8 heteroatoms. The number of ether oxygens (including phenoxy) is 3. The van der Waals surface area contributed by atoms with Crippen molar-refractivity contribution in [2.24, 2.45) is 0 Å². The highest BCUT2D eigenvalue weighted by Gasteiger charge is 2.25. The minimum atomic E-state index is -1.14. The number of quaternary nitrogens is 1. The summed E-state index contributed by atoms with van der Waals surface area (Å²) in [5.74, 6) is -1.85. The Labute approximate surface area is 383 Å². The maximum atomic E-state index is 12.8. The van der Waals surface area contributed by atoms with Crippen molar-refractivity contribution in [3.63, 3.8) is 0 Å². The number of allylic oxidation sites excluding steroid dienone is 22. The zero-order valence-electron chi connectivity index (χ0n) is 39.9. The number of nitrogens with zero attached hydrogens (tertiary/aromatic N) is 1. The van der Waals surface area contributed by atoms with Crippen LogP contribution in [0.15, 0.2) is 134 Å². The number of carboxylic acid groups (broad SMARTS) is 1. The maximum Gasteiger partial charge on any atom is 0.306 e. The number of aliphatic carboxylic acids is 1. The van der Waals surface area contributed by atoms with Crippen LogP contribution in [0.25, 0.3) is 0 Å². The summed E-state index contributed by atoms with van der Waals surface area (Å²) >= 11 is 0. The monoisotopic (exact) mass is 872 g/mol. The van der Waals surface area contributed by atoms with Crippen molar-refractivity contribution in [2.75, 3.05) is 41.0 Å². The highest BCUT2D eigenvalue weighted by atomic mass is 16.6. The summed E-state index contributed by atoms with van der Waals surface area (Å²) in [6.07, 6.45) is 63.3. The van der Waals surface area contributed by atoms with Crippen LogP contribution < -0.4 is 5.11 Å². The third-order valence-electron chi connectivity index (χ3n) is 9.63. The number of carbonyl (C=O) groups excluding carboxylic acids is 3. The van der Waals surface area contributed by atoms with Crippen LogP contribution in [0.1, 0.15) is 142 Å². The van der Waals surface area contributed by atoms with Gasteiger partial charge in [0.15, 0.2) is 6.10 Å². The molecule has 352 valence electrons. The Kier molecular flexibility index (Phi) is 40.9. The number of carbonyl (C=O) groups is 3. The maximum absolute atomic E-state index is 12.8. The van der Waals surface area contributed by atoms with Gasteiger partial charge in [-0.1, -0.05) is 173 Å². The molecule has 2 unspecified atom stereocenters. The van der Waals surface area contributed by atoms with Crippen molar-refractivity contribution in [1.82, 2.24) is 0 Å². The summed E-state index contributed by atoms with van der Waals surface area (Å²) in [7, 11) is 5.37. The van der Waals surface area contributed by atoms with Gasteiger partial charge in [0.2, 0.25) is 0 Å². The van der Waals surface area contributed by atoms with E-state index in [1.54, 1.807) is 21.1 Å². The molecule has 63 heavy (non-hydrogen) atoms. The molecule has 0 bridgehead atoms. The number of rotatable bonds is 40. The highest BCUT2D eigenvalue weighted by molar-refractivity contribution is 5.70. The van der Waals surface area contributed by atoms with E-state index in [9.17, 15) is 19.5 Å². The highest BCUT2D eigenvalue weighted by Crippen LogP contribution is 2.12. The lowest BCUT2D eigenvalue weighted by Gasteiger charge is -2.34. The van der Waals surface area contributed by atoms with E-state index in [0.29, 0.717) is 12.8 Å². The Balaban J connectivity index is 4.48. The van der Waals surface area contributed by atoms with Crippen LogP contribution in [-0.4, -0.2) is 75.5 Å². The van der Waals surface area contributed by atoms with Crippen molar-refractivity contribution in [3.05, 3.63) is 134 Å². The van der Waals surface area contributed by atoms with Crippen LogP contribution in [0, 0.1) is 0 Å². The molecular weight excluding hydrogens is 787 g/mol. The van der Waals surface area contributed by atoms with Crippen LogP contribution in [0.4, 0.5) is 0 Å². The van der Waals surface area contributed by atoms with Gasteiger partial charge in [0.05, 0.1) is 40.3 Å². The third kappa shape index (κ3) is 42.5. The predicted octanol–water partition coefficient (Wildman–Crippen LogP) is 12.2. The molecule has 0 aromatic rings. The summed E-state index contributed by atoms with van der Waals surface area (Å²) in [4.78, 5) is 37.0. The lowest BCUT2D eigenvalue weighted by molar-refractivity contribution is -0.889. The van der Waals surface area contributed by atoms with Crippen molar-refractivity contribution >= 4 is 17.9 Å². The topological polar surface area (TPSA) is 102 Å². The molecule has 0 rings (SSSR count). The second-order valence-electron chi connectivity index (χ2n) is 16.4. The summed E-state index contributed by atoms with van der Waals surface area (Å²) in [5.41, 5.74) is 0. The second kappa shape index (κ2) is 44.1. The molecule has 0 saturated heterocycles. The summed E-state index contributed by atoms with van der Waals surface area (Å²) in [6, 6.07) is -0.748. The first kappa shape index (κ1) is 58.5. The molecule has 8 nitrogen and oxygen atoms in total. The number of hydrogen-bond acceptors (Lipinski definition) is 7. The Morgan fingerprint density at radius 1 is 0.508 bits per heavy atom. The molecular formula is C55H85NO7. The van der Waals surface area contributed by atoms with Crippen LogP contribution in [0.2, 0.25) is 0 Å². The molecule has 0 spiro atoms. The average molecular weight is 872 g/mol. The van der Waals surface area contributed by atoms with Gasteiger partial charge in [-0.15, -0.1) is 0 Å². The predicted molar refractivity (Wildman–Crippen MR) is 263 cm³/mol. The smallest absolute Gasteiger partial charge is 0.306 e. The molecule has 0 heterocycles.